The van der Waals surface area contributed by atoms with Crippen LogP contribution in [0.15, 0.2) is 30.5 Å². The minimum absolute atomic E-state index is 0.00543. The largest absolute Gasteiger partial charge is 0.470 e. The number of aromatic nitrogens is 2. The summed E-state index contributed by atoms with van der Waals surface area (Å²) in [5.74, 6) is -0.278. The highest BCUT2D eigenvalue weighted by molar-refractivity contribution is 6.32. The number of carbonyl (C=O) groups is 1. The van der Waals surface area contributed by atoms with Crippen LogP contribution in [0.3, 0.4) is 0 Å². The van der Waals surface area contributed by atoms with E-state index in [1.807, 2.05) is 0 Å². The van der Waals surface area contributed by atoms with E-state index < -0.39 is 10.9 Å². The predicted octanol–water partition coefficient (Wildman–Crippen LogP) is 2.27. The summed E-state index contributed by atoms with van der Waals surface area (Å²) < 4.78 is 11.3. The zero-order valence-corrected chi connectivity index (χ0v) is 11.6. The molecular weight excluding hydrogens is 302 g/mol. The second kappa shape index (κ2) is 6.23. The fourth-order valence-corrected chi connectivity index (χ4v) is 1.73. The highest BCUT2D eigenvalue weighted by atomic mass is 35.5. The van der Waals surface area contributed by atoms with Crippen LogP contribution in [0.4, 0.5) is 5.69 Å². The molecule has 0 fully saturated rings. The van der Waals surface area contributed by atoms with Crippen molar-refractivity contribution >= 4 is 23.3 Å². The second-order valence-electron chi connectivity index (χ2n) is 3.88. The average molecular weight is 312 g/mol. The number of halogens is 1. The van der Waals surface area contributed by atoms with E-state index in [-0.39, 0.29) is 28.9 Å². The second-order valence-corrected chi connectivity index (χ2v) is 4.28. The first-order valence-electron chi connectivity index (χ1n) is 5.70. The van der Waals surface area contributed by atoms with Gasteiger partial charge in [0.25, 0.3) is 5.69 Å². The zero-order valence-electron chi connectivity index (χ0n) is 10.9. The molecule has 1 aromatic carbocycles. The number of nitrogens with zero attached hydrogens (tertiary/aromatic N) is 3. The van der Waals surface area contributed by atoms with Gasteiger partial charge in [0, 0.05) is 18.3 Å². The van der Waals surface area contributed by atoms with Crippen LogP contribution in [0.1, 0.15) is 10.5 Å². The average Bonchev–Trinajstić information content (AvgIpc) is 2.93. The van der Waals surface area contributed by atoms with Crippen LogP contribution in [-0.4, -0.2) is 27.8 Å². The standard InChI is InChI=1S/C12H10ClN3O5/c1-20-12(17)10-4-5-15(14-10)7-21-11-3-2-8(16(18)19)6-9(11)13/h2-6H,7H2,1H3. The predicted molar refractivity (Wildman–Crippen MR) is 72.3 cm³/mol. The molecular formula is C12H10ClN3O5. The molecule has 0 spiro atoms. The summed E-state index contributed by atoms with van der Waals surface area (Å²) in [6.45, 7) is -0.00543. The molecule has 2 aromatic rings. The first-order valence-corrected chi connectivity index (χ1v) is 6.07. The van der Waals surface area contributed by atoms with Crippen LogP contribution in [0.5, 0.6) is 5.75 Å². The molecule has 8 nitrogen and oxygen atoms in total. The van der Waals surface area contributed by atoms with Crippen molar-refractivity contribution in [2.45, 2.75) is 6.73 Å². The Hall–Kier alpha value is -2.61. The van der Waals surface area contributed by atoms with Gasteiger partial charge in [0.1, 0.15) is 5.75 Å². The van der Waals surface area contributed by atoms with Crippen molar-refractivity contribution in [3.8, 4) is 5.75 Å². The fraction of sp³-hybridized carbons (Fsp3) is 0.167. The Morgan fingerprint density at radius 1 is 1.48 bits per heavy atom. The number of hydrogen-bond acceptors (Lipinski definition) is 6. The van der Waals surface area contributed by atoms with Crippen LogP contribution in [0.25, 0.3) is 0 Å². The van der Waals surface area contributed by atoms with Gasteiger partial charge < -0.3 is 9.47 Å². The third-order valence-electron chi connectivity index (χ3n) is 2.51. The number of nitro groups is 1. The molecule has 2 rings (SSSR count). The van der Waals surface area contributed by atoms with Gasteiger partial charge in [-0.1, -0.05) is 11.6 Å². The number of non-ortho nitro benzene ring substituents is 1. The van der Waals surface area contributed by atoms with E-state index in [9.17, 15) is 14.9 Å². The summed E-state index contributed by atoms with van der Waals surface area (Å²) in [6.07, 6.45) is 1.53. The molecule has 0 bridgehead atoms. The maximum atomic E-state index is 11.2. The van der Waals surface area contributed by atoms with E-state index in [2.05, 4.69) is 9.84 Å². The van der Waals surface area contributed by atoms with Gasteiger partial charge >= 0.3 is 5.97 Å². The lowest BCUT2D eigenvalue weighted by molar-refractivity contribution is -0.384. The van der Waals surface area contributed by atoms with Gasteiger partial charge in [-0.2, -0.15) is 5.10 Å². The number of carbonyl (C=O) groups excluding carboxylic acids is 1. The first kappa shape index (κ1) is 14.8. The van der Waals surface area contributed by atoms with E-state index >= 15 is 0 Å². The molecule has 21 heavy (non-hydrogen) atoms. The summed E-state index contributed by atoms with van der Waals surface area (Å²) in [5, 5.41) is 14.6. The fourth-order valence-electron chi connectivity index (χ4n) is 1.50. The van der Waals surface area contributed by atoms with E-state index in [0.29, 0.717) is 0 Å². The molecule has 110 valence electrons. The molecule has 1 aromatic heterocycles. The van der Waals surface area contributed by atoms with Crippen LogP contribution >= 0.6 is 11.6 Å². The first-order chi connectivity index (χ1) is 10.0. The zero-order chi connectivity index (χ0) is 15.4. The Kier molecular flexibility index (Phi) is 4.39. The van der Waals surface area contributed by atoms with E-state index in [4.69, 9.17) is 16.3 Å². The van der Waals surface area contributed by atoms with Crippen molar-refractivity contribution in [3.63, 3.8) is 0 Å². The number of rotatable bonds is 5. The lowest BCUT2D eigenvalue weighted by Crippen LogP contribution is -2.08. The minimum atomic E-state index is -0.554. The van der Waals surface area contributed by atoms with Crippen molar-refractivity contribution in [3.05, 3.63) is 51.3 Å². The minimum Gasteiger partial charge on any atom is -0.470 e. The number of benzene rings is 1. The van der Waals surface area contributed by atoms with Gasteiger partial charge in [-0.15, -0.1) is 0 Å². The summed E-state index contributed by atoms with van der Waals surface area (Å²) in [7, 11) is 1.26. The summed E-state index contributed by atoms with van der Waals surface area (Å²) in [4.78, 5) is 21.3. The quantitative estimate of drug-likeness (QED) is 0.477. The van der Waals surface area contributed by atoms with Crippen molar-refractivity contribution < 1.29 is 19.2 Å². The molecule has 0 atom stereocenters. The Morgan fingerprint density at radius 3 is 2.86 bits per heavy atom. The Balaban J connectivity index is 2.04. The number of esters is 1. The number of methoxy groups -OCH3 is 1. The molecule has 0 unspecified atom stereocenters. The van der Waals surface area contributed by atoms with Gasteiger partial charge in [0.15, 0.2) is 12.4 Å². The van der Waals surface area contributed by atoms with Crippen molar-refractivity contribution in [1.29, 1.82) is 0 Å². The molecule has 9 heteroatoms. The molecule has 0 radical (unpaired) electrons. The van der Waals surface area contributed by atoms with E-state index in [1.165, 1.54) is 42.3 Å². The lowest BCUT2D eigenvalue weighted by Gasteiger charge is -2.07. The van der Waals surface area contributed by atoms with Crippen molar-refractivity contribution in [2.24, 2.45) is 0 Å². The van der Waals surface area contributed by atoms with E-state index in [0.717, 1.165) is 0 Å². The summed E-state index contributed by atoms with van der Waals surface area (Å²) in [6, 6.07) is 5.35. The third-order valence-corrected chi connectivity index (χ3v) is 2.81. The normalized spacial score (nSPS) is 10.2. The molecule has 0 aliphatic heterocycles. The third kappa shape index (κ3) is 3.48. The highest BCUT2D eigenvalue weighted by Gasteiger charge is 2.12. The van der Waals surface area contributed by atoms with Gasteiger partial charge in [0.2, 0.25) is 0 Å². The molecule has 0 amide bonds. The Bertz CT molecular complexity index is 685. The maximum Gasteiger partial charge on any atom is 0.358 e. The molecule has 0 N–H and O–H groups in total. The van der Waals surface area contributed by atoms with E-state index in [1.54, 1.807) is 0 Å². The SMILES string of the molecule is COC(=O)c1ccn(COc2ccc([N+](=O)[O-])cc2Cl)n1. The van der Waals surface area contributed by atoms with Gasteiger partial charge in [-0.05, 0) is 12.1 Å². The molecule has 0 saturated carbocycles. The summed E-state index contributed by atoms with van der Waals surface area (Å²) >= 11 is 5.88. The molecule has 0 aliphatic carbocycles. The number of nitro benzene ring substituents is 1. The van der Waals surface area contributed by atoms with Crippen LogP contribution in [-0.2, 0) is 11.5 Å². The van der Waals surface area contributed by atoms with Crippen molar-refractivity contribution in [2.75, 3.05) is 7.11 Å². The van der Waals surface area contributed by atoms with Crippen LogP contribution in [0, 0.1) is 10.1 Å². The van der Waals surface area contributed by atoms with Gasteiger partial charge in [0.05, 0.1) is 17.1 Å². The van der Waals surface area contributed by atoms with Crippen molar-refractivity contribution in [1.82, 2.24) is 9.78 Å². The van der Waals surface area contributed by atoms with Crippen LogP contribution in [0.2, 0.25) is 5.02 Å². The molecule has 1 heterocycles. The lowest BCUT2D eigenvalue weighted by atomic mass is 10.3. The monoisotopic (exact) mass is 311 g/mol. The maximum absolute atomic E-state index is 11.2. The van der Waals surface area contributed by atoms with Gasteiger partial charge in [-0.25, -0.2) is 9.48 Å². The smallest absolute Gasteiger partial charge is 0.358 e. The summed E-state index contributed by atoms with van der Waals surface area (Å²) in [5.41, 5.74) is 0.0234. The molecule has 0 saturated heterocycles. The number of ether oxygens (including phenoxy) is 2. The molecule has 0 aliphatic rings. The number of hydrogen-bond donors (Lipinski definition) is 0. The van der Waals surface area contributed by atoms with Gasteiger partial charge in [-0.3, -0.25) is 10.1 Å². The topological polar surface area (TPSA) is 96.5 Å². The van der Waals surface area contributed by atoms with Crippen LogP contribution < -0.4 is 4.74 Å². The highest BCUT2D eigenvalue weighted by Crippen LogP contribution is 2.28. The Labute approximate surface area is 124 Å². The Morgan fingerprint density at radius 2 is 2.24 bits per heavy atom.